The highest BCUT2D eigenvalue weighted by molar-refractivity contribution is 7.13. The molecule has 1 aliphatic heterocycles. The minimum Gasteiger partial charge on any atom is -0.447 e. The smallest absolute Gasteiger partial charge is 0.409 e. The second-order valence-electron chi connectivity index (χ2n) is 10.3. The zero-order valence-corrected chi connectivity index (χ0v) is 24.7. The number of carbonyl (C=O) groups is 1. The van der Waals surface area contributed by atoms with Crippen LogP contribution in [0, 0.1) is 18.6 Å². The largest absolute Gasteiger partial charge is 0.447 e. The van der Waals surface area contributed by atoms with E-state index in [4.69, 9.17) is 19.8 Å². The van der Waals surface area contributed by atoms with E-state index in [-0.39, 0.29) is 24.8 Å². The van der Waals surface area contributed by atoms with Crippen LogP contribution in [0.2, 0.25) is 0 Å². The molecule has 1 N–H and O–H groups in total. The van der Waals surface area contributed by atoms with Crippen LogP contribution in [0.3, 0.4) is 0 Å². The van der Waals surface area contributed by atoms with Gasteiger partial charge in [-0.2, -0.15) is 0 Å². The van der Waals surface area contributed by atoms with Gasteiger partial charge in [0, 0.05) is 54.4 Å². The number of hydrogen-bond acceptors (Lipinski definition) is 7. The maximum atomic E-state index is 16.2. The van der Waals surface area contributed by atoms with Gasteiger partial charge in [-0.05, 0) is 61.4 Å². The van der Waals surface area contributed by atoms with Gasteiger partial charge in [0.25, 0.3) is 0 Å². The molecule has 222 valence electrons. The fraction of sp³-hybridized carbons (Fsp3) is 0.281. The standard InChI is InChI=1S/C32H31F2N5O3S/c1-3-26-30(39-18-23(8-11-28(39)35-26)37-12-14-38(15-13-37)32(41)42-17-16-40)25-10-9-24(20(2)29(25)34)31-36-27(19-43-31)21-4-6-22(33)7-5-21/h4-11,18-19,40H,3,12-17H2,1-2H3. The summed E-state index contributed by atoms with van der Waals surface area (Å²) >= 11 is 1.42. The lowest BCUT2D eigenvalue weighted by atomic mass is 10.0. The molecule has 8 nitrogen and oxygen atoms in total. The van der Waals surface area contributed by atoms with Crippen LogP contribution in [0.25, 0.3) is 38.7 Å². The molecular formula is C32H31F2N5O3S. The molecule has 11 heteroatoms. The van der Waals surface area contributed by atoms with Crippen molar-refractivity contribution in [3.63, 3.8) is 0 Å². The Morgan fingerprint density at radius 1 is 1.00 bits per heavy atom. The molecule has 0 unspecified atom stereocenters. The number of ether oxygens (including phenoxy) is 1. The van der Waals surface area contributed by atoms with Gasteiger partial charge in [0.2, 0.25) is 0 Å². The van der Waals surface area contributed by atoms with Crippen molar-refractivity contribution >= 4 is 28.8 Å². The summed E-state index contributed by atoms with van der Waals surface area (Å²) in [6.07, 6.45) is 2.19. The van der Waals surface area contributed by atoms with Crippen molar-refractivity contribution in [1.82, 2.24) is 19.3 Å². The van der Waals surface area contributed by atoms with Crippen LogP contribution >= 0.6 is 11.3 Å². The number of aryl methyl sites for hydroxylation is 1. The van der Waals surface area contributed by atoms with Gasteiger partial charge >= 0.3 is 6.09 Å². The first-order valence-electron chi connectivity index (χ1n) is 14.2. The molecule has 0 radical (unpaired) electrons. The van der Waals surface area contributed by atoms with Crippen LogP contribution in [-0.2, 0) is 11.2 Å². The number of aliphatic hydroxyl groups is 1. The van der Waals surface area contributed by atoms with Crippen LogP contribution < -0.4 is 4.90 Å². The fourth-order valence-corrected chi connectivity index (χ4v) is 6.33. The number of aromatic nitrogens is 3. The lowest BCUT2D eigenvalue weighted by Crippen LogP contribution is -2.49. The summed E-state index contributed by atoms with van der Waals surface area (Å²) in [4.78, 5) is 25.5. The number of anilines is 1. The highest BCUT2D eigenvalue weighted by Gasteiger charge is 2.24. The van der Waals surface area contributed by atoms with E-state index in [9.17, 15) is 9.18 Å². The quantitative estimate of drug-likeness (QED) is 0.239. The second-order valence-corrected chi connectivity index (χ2v) is 11.2. The zero-order chi connectivity index (χ0) is 30.1. The van der Waals surface area contributed by atoms with Gasteiger partial charge in [-0.25, -0.2) is 23.5 Å². The van der Waals surface area contributed by atoms with E-state index in [1.54, 1.807) is 30.0 Å². The first-order chi connectivity index (χ1) is 20.9. The van der Waals surface area contributed by atoms with E-state index in [2.05, 4.69) is 4.90 Å². The summed E-state index contributed by atoms with van der Waals surface area (Å²) in [6, 6.07) is 13.8. The Kier molecular flexibility index (Phi) is 8.09. The van der Waals surface area contributed by atoms with Gasteiger partial charge in [0.15, 0.2) is 0 Å². The Morgan fingerprint density at radius 3 is 2.47 bits per heavy atom. The zero-order valence-electron chi connectivity index (χ0n) is 23.9. The number of imidazole rings is 1. The normalized spacial score (nSPS) is 13.6. The van der Waals surface area contributed by atoms with Crippen molar-refractivity contribution in [3.8, 4) is 33.1 Å². The number of benzene rings is 2. The van der Waals surface area contributed by atoms with Gasteiger partial charge in [0.05, 0.1) is 29.4 Å². The summed E-state index contributed by atoms with van der Waals surface area (Å²) in [6.45, 7) is 5.76. The lowest BCUT2D eigenvalue weighted by Gasteiger charge is -2.35. The van der Waals surface area contributed by atoms with Gasteiger partial charge in [-0.1, -0.05) is 13.0 Å². The Bertz CT molecular complexity index is 1780. The third-order valence-electron chi connectivity index (χ3n) is 7.75. The van der Waals surface area contributed by atoms with Crippen LogP contribution in [0.4, 0.5) is 19.3 Å². The summed E-state index contributed by atoms with van der Waals surface area (Å²) in [5, 5.41) is 11.5. The summed E-state index contributed by atoms with van der Waals surface area (Å²) in [5.41, 5.74) is 6.38. The molecule has 1 saturated heterocycles. The van der Waals surface area contributed by atoms with Crippen molar-refractivity contribution in [3.05, 3.63) is 83.0 Å². The van der Waals surface area contributed by atoms with Crippen molar-refractivity contribution < 1.29 is 23.4 Å². The third-order valence-corrected chi connectivity index (χ3v) is 8.62. The molecule has 0 bridgehead atoms. The van der Waals surface area contributed by atoms with Crippen LogP contribution in [0.5, 0.6) is 0 Å². The predicted molar refractivity (Wildman–Crippen MR) is 163 cm³/mol. The molecule has 5 aromatic rings. The highest BCUT2D eigenvalue weighted by Crippen LogP contribution is 2.37. The maximum absolute atomic E-state index is 16.2. The molecule has 0 atom stereocenters. The molecule has 1 fully saturated rings. The van der Waals surface area contributed by atoms with Gasteiger partial charge in [-0.3, -0.25) is 4.40 Å². The second kappa shape index (κ2) is 12.1. The average molecular weight is 604 g/mol. The Hall–Kier alpha value is -4.35. The molecule has 3 aromatic heterocycles. The summed E-state index contributed by atoms with van der Waals surface area (Å²) in [5.74, 6) is -0.633. The van der Waals surface area contributed by atoms with Crippen molar-refractivity contribution in [1.29, 1.82) is 0 Å². The third kappa shape index (κ3) is 5.57. The molecule has 43 heavy (non-hydrogen) atoms. The topological polar surface area (TPSA) is 83.2 Å². The van der Waals surface area contributed by atoms with Crippen molar-refractivity contribution in [2.24, 2.45) is 0 Å². The Morgan fingerprint density at radius 2 is 1.74 bits per heavy atom. The predicted octanol–water partition coefficient (Wildman–Crippen LogP) is 6.19. The van der Waals surface area contributed by atoms with Crippen molar-refractivity contribution in [2.75, 3.05) is 44.3 Å². The Labute approximate surface area is 251 Å². The maximum Gasteiger partial charge on any atom is 0.409 e. The van der Waals surface area contributed by atoms with E-state index in [0.717, 1.165) is 22.6 Å². The molecule has 0 spiro atoms. The number of thiazole rings is 1. The molecule has 0 saturated carbocycles. The van der Waals surface area contributed by atoms with E-state index >= 15 is 4.39 Å². The van der Waals surface area contributed by atoms with E-state index < -0.39 is 6.09 Å². The number of piperazine rings is 1. The highest BCUT2D eigenvalue weighted by atomic mass is 32.1. The SMILES string of the molecule is CCc1nc2ccc(N3CCN(C(=O)OCCO)CC3)cn2c1-c1ccc(-c2nc(-c3ccc(F)cc3)cs2)c(C)c1F. The molecule has 1 amide bonds. The molecule has 2 aromatic carbocycles. The number of rotatable bonds is 7. The van der Waals surface area contributed by atoms with E-state index in [1.165, 1.54) is 23.5 Å². The number of halogens is 2. The molecule has 0 aliphatic carbocycles. The molecular weight excluding hydrogens is 572 g/mol. The minimum atomic E-state index is -0.424. The minimum absolute atomic E-state index is 0.0171. The number of pyridine rings is 1. The molecule has 4 heterocycles. The summed E-state index contributed by atoms with van der Waals surface area (Å²) < 4.78 is 36.6. The number of carbonyl (C=O) groups excluding carboxylic acids is 1. The van der Waals surface area contributed by atoms with Gasteiger partial charge in [0.1, 0.15) is 28.9 Å². The first kappa shape index (κ1) is 28.8. The number of nitrogens with zero attached hydrogens (tertiary/aromatic N) is 5. The Balaban J connectivity index is 1.30. The average Bonchev–Trinajstić information content (AvgIpc) is 3.66. The number of fused-ring (bicyclic) bond motifs is 1. The molecule has 1 aliphatic rings. The summed E-state index contributed by atoms with van der Waals surface area (Å²) in [7, 11) is 0. The number of hydrogen-bond donors (Lipinski definition) is 1. The van der Waals surface area contributed by atoms with E-state index in [1.807, 2.05) is 41.1 Å². The van der Waals surface area contributed by atoms with Crippen LogP contribution in [-0.4, -0.2) is 69.9 Å². The van der Waals surface area contributed by atoms with Gasteiger partial charge < -0.3 is 19.6 Å². The molecule has 6 rings (SSSR count). The monoisotopic (exact) mass is 603 g/mol. The fourth-order valence-electron chi connectivity index (χ4n) is 5.42. The number of amides is 1. The van der Waals surface area contributed by atoms with Crippen LogP contribution in [0.15, 0.2) is 60.1 Å². The van der Waals surface area contributed by atoms with Crippen LogP contribution in [0.1, 0.15) is 18.2 Å². The number of aliphatic hydroxyl groups excluding tert-OH is 1. The first-order valence-corrected chi connectivity index (χ1v) is 15.1. The van der Waals surface area contributed by atoms with Crippen molar-refractivity contribution in [2.45, 2.75) is 20.3 Å². The van der Waals surface area contributed by atoms with E-state index in [0.29, 0.717) is 65.7 Å². The van der Waals surface area contributed by atoms with Gasteiger partial charge in [-0.15, -0.1) is 11.3 Å². The lowest BCUT2D eigenvalue weighted by molar-refractivity contribution is 0.0825.